The summed E-state index contributed by atoms with van der Waals surface area (Å²) in [6.45, 7) is 5.44. The number of hydrogen-bond donors (Lipinski definition) is 2. The lowest BCUT2D eigenvalue weighted by molar-refractivity contribution is -0.130. The molecule has 0 spiro atoms. The first-order chi connectivity index (χ1) is 12.3. The molecule has 4 saturated carbocycles. The van der Waals surface area contributed by atoms with Crippen molar-refractivity contribution >= 4 is 5.91 Å². The minimum atomic E-state index is -0.206. The van der Waals surface area contributed by atoms with Crippen molar-refractivity contribution in [1.29, 1.82) is 0 Å². The largest absolute Gasteiger partial charge is 0.393 e. The molecule has 0 bridgehead atoms. The maximum atomic E-state index is 11.4. The molecular formula is C22H38N2O2. The fourth-order valence-corrected chi connectivity index (χ4v) is 8.29. The molecule has 0 saturated heterocycles. The van der Waals surface area contributed by atoms with Gasteiger partial charge in [-0.2, -0.15) is 0 Å². The van der Waals surface area contributed by atoms with Crippen LogP contribution in [-0.4, -0.2) is 41.7 Å². The van der Waals surface area contributed by atoms with Gasteiger partial charge in [-0.05, 0) is 99.3 Å². The van der Waals surface area contributed by atoms with Crippen molar-refractivity contribution in [2.75, 3.05) is 13.6 Å². The van der Waals surface area contributed by atoms with E-state index >= 15 is 0 Å². The van der Waals surface area contributed by atoms with E-state index in [4.69, 9.17) is 5.73 Å². The normalized spacial score (nSPS) is 50.8. The Bertz CT molecular complexity index is 566. The molecule has 1 amide bonds. The molecule has 4 aliphatic rings. The molecule has 8 atom stereocenters. The Morgan fingerprint density at radius 3 is 2.46 bits per heavy atom. The number of likely N-dealkylation sites (N-methyl/N-ethyl adjacent to an activating group) is 1. The maximum Gasteiger partial charge on any atom is 0.231 e. The molecule has 0 aromatic heterocycles. The summed E-state index contributed by atoms with van der Waals surface area (Å²) in [4.78, 5) is 13.7. The summed E-state index contributed by atoms with van der Waals surface area (Å²) in [5, 5.41) is 10.2. The van der Waals surface area contributed by atoms with Gasteiger partial charge >= 0.3 is 0 Å². The summed E-state index contributed by atoms with van der Waals surface area (Å²) in [6, 6.07) is 0.500. The minimum Gasteiger partial charge on any atom is -0.393 e. The number of aliphatic hydroxyl groups is 1. The summed E-state index contributed by atoms with van der Waals surface area (Å²) >= 11 is 0. The van der Waals surface area contributed by atoms with E-state index in [9.17, 15) is 9.90 Å². The van der Waals surface area contributed by atoms with Gasteiger partial charge in [-0.1, -0.05) is 13.8 Å². The molecular weight excluding hydrogens is 324 g/mol. The first kappa shape index (κ1) is 18.7. The number of carbonyl (C=O) groups is 1. The monoisotopic (exact) mass is 362 g/mol. The number of nitrogens with zero attached hydrogens (tertiary/aromatic N) is 1. The topological polar surface area (TPSA) is 66.6 Å². The van der Waals surface area contributed by atoms with Crippen LogP contribution in [0, 0.1) is 34.5 Å². The first-order valence-corrected chi connectivity index (χ1v) is 10.9. The second-order valence-electron chi connectivity index (χ2n) is 10.6. The van der Waals surface area contributed by atoms with Gasteiger partial charge in [-0.3, -0.25) is 9.69 Å². The van der Waals surface area contributed by atoms with Gasteiger partial charge in [0.2, 0.25) is 5.91 Å². The summed E-state index contributed by atoms with van der Waals surface area (Å²) in [5.41, 5.74) is 6.26. The summed E-state index contributed by atoms with van der Waals surface area (Å²) in [6.07, 6.45) is 11.0. The van der Waals surface area contributed by atoms with E-state index in [1.165, 1.54) is 44.9 Å². The summed E-state index contributed by atoms with van der Waals surface area (Å²) in [5.74, 6) is 3.00. The third kappa shape index (κ3) is 2.74. The summed E-state index contributed by atoms with van der Waals surface area (Å²) in [7, 11) is 2.09. The second-order valence-corrected chi connectivity index (χ2v) is 10.6. The lowest BCUT2D eigenvalue weighted by Gasteiger charge is -2.61. The Morgan fingerprint density at radius 1 is 1.04 bits per heavy atom. The third-order valence-electron chi connectivity index (χ3n) is 9.53. The van der Waals surface area contributed by atoms with Crippen LogP contribution >= 0.6 is 0 Å². The highest BCUT2D eigenvalue weighted by atomic mass is 16.3. The molecule has 4 rings (SSSR count). The molecule has 4 nitrogen and oxygen atoms in total. The lowest BCUT2D eigenvalue weighted by Crippen LogP contribution is -2.56. The molecule has 26 heavy (non-hydrogen) atoms. The van der Waals surface area contributed by atoms with E-state index in [0.29, 0.717) is 23.4 Å². The van der Waals surface area contributed by atoms with Gasteiger partial charge in [0.25, 0.3) is 0 Å². The number of amides is 1. The predicted octanol–water partition coefficient (Wildman–Crippen LogP) is 3.18. The average molecular weight is 363 g/mol. The quantitative estimate of drug-likeness (QED) is 0.810. The van der Waals surface area contributed by atoms with Crippen LogP contribution in [0.15, 0.2) is 0 Å². The van der Waals surface area contributed by atoms with Crippen LogP contribution in [0.3, 0.4) is 0 Å². The van der Waals surface area contributed by atoms with Crippen molar-refractivity contribution in [2.24, 2.45) is 40.2 Å². The number of hydrogen-bond acceptors (Lipinski definition) is 3. The number of nitrogens with two attached hydrogens (primary N) is 1. The molecule has 4 heteroatoms. The fourth-order valence-electron chi connectivity index (χ4n) is 8.29. The number of rotatable bonds is 3. The van der Waals surface area contributed by atoms with Crippen molar-refractivity contribution in [3.05, 3.63) is 0 Å². The van der Waals surface area contributed by atoms with E-state index < -0.39 is 0 Å². The fraction of sp³-hybridized carbons (Fsp3) is 0.955. The van der Waals surface area contributed by atoms with Crippen LogP contribution < -0.4 is 5.73 Å². The van der Waals surface area contributed by atoms with Crippen LogP contribution in [0.1, 0.15) is 71.6 Å². The Labute approximate surface area is 158 Å². The van der Waals surface area contributed by atoms with E-state index in [0.717, 1.165) is 36.5 Å². The van der Waals surface area contributed by atoms with E-state index in [1.54, 1.807) is 0 Å². The van der Waals surface area contributed by atoms with Gasteiger partial charge < -0.3 is 10.8 Å². The van der Waals surface area contributed by atoms with Gasteiger partial charge in [0.15, 0.2) is 0 Å². The van der Waals surface area contributed by atoms with Gasteiger partial charge in [-0.25, -0.2) is 0 Å². The van der Waals surface area contributed by atoms with E-state index in [-0.39, 0.29) is 12.0 Å². The smallest absolute Gasteiger partial charge is 0.231 e. The van der Waals surface area contributed by atoms with Crippen molar-refractivity contribution in [3.8, 4) is 0 Å². The zero-order valence-electron chi connectivity index (χ0n) is 16.9. The molecule has 0 aliphatic heterocycles. The standard InChI is InChI=1S/C22H38N2O2/c1-21-10-8-15(25)12-14(21)4-5-16-17-6-7-19(24(3)13-20(23)26)22(17,2)11-9-18(16)21/h14-19,25H,4-13H2,1-3H3,(H2,23,26)/t14-,15-,16-,17-,18-,19-,21-,22-/m0/s1. The SMILES string of the molecule is CN(CC(N)=O)[C@H]1CC[C@H]2[C@@H]3CC[C@H]4C[C@@H](O)CC[C@]4(C)[C@H]3CC[C@]12C. The predicted molar refractivity (Wildman–Crippen MR) is 103 cm³/mol. The molecule has 0 heterocycles. The Morgan fingerprint density at radius 2 is 1.73 bits per heavy atom. The highest BCUT2D eigenvalue weighted by molar-refractivity contribution is 5.75. The minimum absolute atomic E-state index is 0.0585. The molecule has 0 radical (unpaired) electrons. The van der Waals surface area contributed by atoms with Gasteiger partial charge in [-0.15, -0.1) is 0 Å². The zero-order chi connectivity index (χ0) is 18.7. The third-order valence-corrected chi connectivity index (χ3v) is 9.53. The molecule has 3 N–H and O–H groups in total. The molecule has 4 fully saturated rings. The Balaban J connectivity index is 1.55. The average Bonchev–Trinajstić information content (AvgIpc) is 2.92. The lowest BCUT2D eigenvalue weighted by atomic mass is 9.45. The number of aliphatic hydroxyl groups excluding tert-OH is 1. The summed E-state index contributed by atoms with van der Waals surface area (Å²) < 4.78 is 0. The van der Waals surface area contributed by atoms with Crippen molar-refractivity contribution in [1.82, 2.24) is 4.90 Å². The van der Waals surface area contributed by atoms with E-state index in [1.807, 2.05) is 0 Å². The van der Waals surface area contributed by atoms with Crippen molar-refractivity contribution < 1.29 is 9.90 Å². The Kier molecular flexibility index (Phi) is 4.67. The second kappa shape index (κ2) is 6.48. The van der Waals surface area contributed by atoms with Crippen LogP contribution in [0.5, 0.6) is 0 Å². The number of primary amides is 1. The van der Waals surface area contributed by atoms with E-state index in [2.05, 4.69) is 25.8 Å². The van der Waals surface area contributed by atoms with Crippen molar-refractivity contribution in [2.45, 2.75) is 83.8 Å². The number of carbonyl (C=O) groups excluding carboxylic acids is 1. The first-order valence-electron chi connectivity index (χ1n) is 10.9. The molecule has 0 aromatic carbocycles. The maximum absolute atomic E-state index is 11.4. The van der Waals surface area contributed by atoms with Crippen molar-refractivity contribution in [3.63, 3.8) is 0 Å². The number of fused-ring (bicyclic) bond motifs is 5. The highest BCUT2D eigenvalue weighted by Crippen LogP contribution is 2.66. The zero-order valence-corrected chi connectivity index (χ0v) is 16.9. The molecule has 148 valence electrons. The van der Waals surface area contributed by atoms with Crippen LogP contribution in [0.25, 0.3) is 0 Å². The van der Waals surface area contributed by atoms with Crippen LogP contribution in [0.4, 0.5) is 0 Å². The Hall–Kier alpha value is -0.610. The molecule has 0 unspecified atom stereocenters. The molecule has 4 aliphatic carbocycles. The van der Waals surface area contributed by atoms with Gasteiger partial charge in [0.05, 0.1) is 12.6 Å². The van der Waals surface area contributed by atoms with Gasteiger partial charge in [0, 0.05) is 6.04 Å². The van der Waals surface area contributed by atoms with Crippen LogP contribution in [-0.2, 0) is 4.79 Å². The highest BCUT2D eigenvalue weighted by Gasteiger charge is 2.60. The molecule has 0 aromatic rings. The van der Waals surface area contributed by atoms with Crippen LogP contribution in [0.2, 0.25) is 0 Å². The van der Waals surface area contributed by atoms with Gasteiger partial charge in [0.1, 0.15) is 0 Å².